The monoisotopic (exact) mass is 296 g/mol. The zero-order valence-corrected chi connectivity index (χ0v) is 12.2. The van der Waals surface area contributed by atoms with Crippen LogP contribution in [0.3, 0.4) is 0 Å². The largest absolute Gasteiger partial charge is 0.399 e. The van der Waals surface area contributed by atoms with Crippen LogP contribution in [0.1, 0.15) is 19.3 Å². The molecule has 0 amide bonds. The van der Waals surface area contributed by atoms with Gasteiger partial charge in [-0.1, -0.05) is 12.5 Å². The highest BCUT2D eigenvalue weighted by atomic mass is 32.2. The summed E-state index contributed by atoms with van der Waals surface area (Å²) in [6, 6.07) is 6.49. The fourth-order valence-electron chi connectivity index (χ4n) is 2.96. The molecule has 2 aliphatic rings. The highest BCUT2D eigenvalue weighted by Gasteiger charge is 2.43. The Balaban J connectivity index is 1.89. The number of benzene rings is 1. The second-order valence-corrected chi connectivity index (χ2v) is 7.76. The lowest BCUT2D eigenvalue weighted by Gasteiger charge is -2.42. The molecule has 1 saturated heterocycles. The number of nitrogens with two attached hydrogens (primary N) is 1. The molecule has 20 heavy (non-hydrogen) atoms. The lowest BCUT2D eigenvalue weighted by Crippen LogP contribution is -2.45. The molecule has 6 heteroatoms. The number of anilines is 1. The van der Waals surface area contributed by atoms with E-state index in [4.69, 9.17) is 10.5 Å². The number of rotatable bonds is 2. The van der Waals surface area contributed by atoms with Crippen molar-refractivity contribution in [2.45, 2.75) is 24.2 Å². The van der Waals surface area contributed by atoms with Crippen molar-refractivity contribution in [2.75, 3.05) is 32.0 Å². The predicted octanol–water partition coefficient (Wildman–Crippen LogP) is 1.46. The summed E-state index contributed by atoms with van der Waals surface area (Å²) in [4.78, 5) is 0.272. The first-order chi connectivity index (χ1) is 9.52. The molecule has 1 aliphatic carbocycles. The third-order valence-electron chi connectivity index (χ3n) is 4.32. The molecule has 1 spiro atoms. The van der Waals surface area contributed by atoms with E-state index in [9.17, 15) is 8.42 Å². The molecule has 5 nitrogen and oxygen atoms in total. The van der Waals surface area contributed by atoms with E-state index in [0.717, 1.165) is 19.3 Å². The van der Waals surface area contributed by atoms with Gasteiger partial charge >= 0.3 is 0 Å². The highest BCUT2D eigenvalue weighted by Crippen LogP contribution is 2.43. The number of nitrogen functional groups attached to an aromatic ring is 1. The Kier molecular flexibility index (Phi) is 3.48. The second-order valence-electron chi connectivity index (χ2n) is 5.82. The van der Waals surface area contributed by atoms with E-state index in [2.05, 4.69) is 0 Å². The lowest BCUT2D eigenvalue weighted by molar-refractivity contribution is 0.0146. The number of hydrogen-bond donors (Lipinski definition) is 1. The van der Waals surface area contributed by atoms with Crippen molar-refractivity contribution < 1.29 is 13.2 Å². The third-order valence-corrected chi connectivity index (χ3v) is 6.16. The van der Waals surface area contributed by atoms with Crippen molar-refractivity contribution in [1.29, 1.82) is 0 Å². The van der Waals surface area contributed by atoms with Gasteiger partial charge in [-0.25, -0.2) is 8.42 Å². The smallest absolute Gasteiger partial charge is 0.243 e. The molecule has 1 aromatic rings. The van der Waals surface area contributed by atoms with E-state index in [-0.39, 0.29) is 10.3 Å². The van der Waals surface area contributed by atoms with Gasteiger partial charge < -0.3 is 10.5 Å². The van der Waals surface area contributed by atoms with E-state index in [0.29, 0.717) is 32.0 Å². The normalized spacial score (nSPS) is 23.2. The fraction of sp³-hybridized carbons (Fsp3) is 0.571. The van der Waals surface area contributed by atoms with E-state index >= 15 is 0 Å². The Hall–Kier alpha value is -1.11. The summed E-state index contributed by atoms with van der Waals surface area (Å²) in [5.74, 6) is 0. The summed E-state index contributed by atoms with van der Waals surface area (Å²) in [6.07, 6.45) is 3.27. The first-order valence-electron chi connectivity index (χ1n) is 6.95. The summed E-state index contributed by atoms with van der Waals surface area (Å²) >= 11 is 0. The van der Waals surface area contributed by atoms with Crippen molar-refractivity contribution in [3.63, 3.8) is 0 Å². The van der Waals surface area contributed by atoms with Crippen LogP contribution < -0.4 is 5.73 Å². The summed E-state index contributed by atoms with van der Waals surface area (Å²) in [7, 11) is -3.48. The van der Waals surface area contributed by atoms with Crippen LogP contribution in [0.5, 0.6) is 0 Å². The lowest BCUT2D eigenvalue weighted by atomic mass is 9.69. The molecule has 1 heterocycles. The van der Waals surface area contributed by atoms with Gasteiger partial charge in [0, 0.05) is 24.2 Å². The molecule has 0 aromatic heterocycles. The van der Waals surface area contributed by atoms with Crippen LogP contribution in [0.25, 0.3) is 0 Å². The van der Waals surface area contributed by atoms with Gasteiger partial charge in [0.15, 0.2) is 0 Å². The minimum absolute atomic E-state index is 0.0316. The molecule has 0 bridgehead atoms. The van der Waals surface area contributed by atoms with Gasteiger partial charge in [-0.15, -0.1) is 0 Å². The molecule has 0 radical (unpaired) electrons. The summed E-state index contributed by atoms with van der Waals surface area (Å²) < 4.78 is 32.6. The van der Waals surface area contributed by atoms with Gasteiger partial charge in [0.1, 0.15) is 0 Å². The first-order valence-corrected chi connectivity index (χ1v) is 8.39. The Morgan fingerprint density at radius 2 is 2.10 bits per heavy atom. The number of nitrogens with zero attached hydrogens (tertiary/aromatic N) is 1. The number of ether oxygens (including phenoxy) is 1. The molecule has 3 rings (SSSR count). The SMILES string of the molecule is Nc1cccc(S(=O)(=O)N2CCOCC3(CCC3)C2)c1. The molecular weight excluding hydrogens is 276 g/mol. The summed E-state index contributed by atoms with van der Waals surface area (Å²) in [6.45, 7) is 2.11. The predicted molar refractivity (Wildman–Crippen MR) is 76.7 cm³/mol. The fourth-order valence-corrected chi connectivity index (χ4v) is 4.55. The molecule has 1 saturated carbocycles. The van der Waals surface area contributed by atoms with Gasteiger partial charge in [0.25, 0.3) is 0 Å². The van der Waals surface area contributed by atoms with Gasteiger partial charge in [-0.3, -0.25) is 0 Å². The molecule has 2 N–H and O–H groups in total. The van der Waals surface area contributed by atoms with Crippen LogP contribution >= 0.6 is 0 Å². The van der Waals surface area contributed by atoms with E-state index in [1.165, 1.54) is 6.07 Å². The molecular formula is C14H20N2O3S. The molecule has 2 fully saturated rings. The average Bonchev–Trinajstić information content (AvgIpc) is 2.61. The van der Waals surface area contributed by atoms with Crippen LogP contribution in [0, 0.1) is 5.41 Å². The zero-order chi connectivity index (χ0) is 14.2. The van der Waals surface area contributed by atoms with Crippen LogP contribution in [-0.2, 0) is 14.8 Å². The maximum absolute atomic E-state index is 12.7. The quantitative estimate of drug-likeness (QED) is 0.839. The van der Waals surface area contributed by atoms with Gasteiger partial charge in [-0.2, -0.15) is 4.31 Å². The molecule has 110 valence electrons. The topological polar surface area (TPSA) is 72.6 Å². The first kappa shape index (κ1) is 13.9. The summed E-state index contributed by atoms with van der Waals surface area (Å²) in [5, 5.41) is 0. The van der Waals surface area contributed by atoms with Crippen LogP contribution in [0.15, 0.2) is 29.2 Å². The van der Waals surface area contributed by atoms with Crippen molar-refractivity contribution in [3.05, 3.63) is 24.3 Å². The van der Waals surface area contributed by atoms with Crippen molar-refractivity contribution in [3.8, 4) is 0 Å². The maximum atomic E-state index is 12.7. The van der Waals surface area contributed by atoms with Crippen LogP contribution in [-0.4, -0.2) is 39.0 Å². The van der Waals surface area contributed by atoms with E-state index in [1.54, 1.807) is 22.5 Å². The standard InChI is InChI=1S/C14H20N2O3S/c15-12-3-1-4-13(9-12)20(17,18)16-7-8-19-11-14(10-16)5-2-6-14/h1,3-4,9H,2,5-8,10-11,15H2. The third kappa shape index (κ3) is 2.43. The highest BCUT2D eigenvalue weighted by molar-refractivity contribution is 7.89. The minimum Gasteiger partial charge on any atom is -0.399 e. The van der Waals surface area contributed by atoms with E-state index < -0.39 is 10.0 Å². The molecule has 1 aromatic carbocycles. The van der Waals surface area contributed by atoms with Gasteiger partial charge in [-0.05, 0) is 31.0 Å². The van der Waals surface area contributed by atoms with Gasteiger partial charge in [0.05, 0.1) is 18.1 Å². The Morgan fingerprint density at radius 3 is 2.75 bits per heavy atom. The van der Waals surface area contributed by atoms with Crippen LogP contribution in [0.2, 0.25) is 0 Å². The Labute approximate surface area is 119 Å². The Bertz CT molecular complexity index is 596. The number of hydrogen-bond acceptors (Lipinski definition) is 4. The summed E-state index contributed by atoms with van der Waals surface area (Å²) in [5.41, 5.74) is 6.20. The zero-order valence-electron chi connectivity index (χ0n) is 11.4. The van der Waals surface area contributed by atoms with Gasteiger partial charge in [0.2, 0.25) is 10.0 Å². The molecule has 0 atom stereocenters. The van der Waals surface area contributed by atoms with Crippen molar-refractivity contribution >= 4 is 15.7 Å². The average molecular weight is 296 g/mol. The maximum Gasteiger partial charge on any atom is 0.243 e. The van der Waals surface area contributed by atoms with Crippen molar-refractivity contribution in [1.82, 2.24) is 4.31 Å². The minimum atomic E-state index is -3.48. The molecule has 1 aliphatic heterocycles. The number of sulfonamides is 1. The van der Waals surface area contributed by atoms with Crippen LogP contribution in [0.4, 0.5) is 5.69 Å². The molecule has 0 unspecified atom stereocenters. The van der Waals surface area contributed by atoms with E-state index in [1.807, 2.05) is 0 Å². The Morgan fingerprint density at radius 1 is 1.30 bits per heavy atom. The van der Waals surface area contributed by atoms with Crippen molar-refractivity contribution in [2.24, 2.45) is 5.41 Å². The second kappa shape index (κ2) is 5.02.